The van der Waals surface area contributed by atoms with Gasteiger partial charge in [0.05, 0.1) is 11.9 Å². The third-order valence-electron chi connectivity index (χ3n) is 3.80. The molecule has 0 saturated heterocycles. The van der Waals surface area contributed by atoms with Gasteiger partial charge in [-0.25, -0.2) is 4.39 Å². The zero-order valence-electron chi connectivity index (χ0n) is 14.1. The number of amides is 2. The highest BCUT2D eigenvalue weighted by Gasteiger charge is 2.16. The van der Waals surface area contributed by atoms with Crippen molar-refractivity contribution in [2.24, 2.45) is 0 Å². The first kappa shape index (κ1) is 18.6. The van der Waals surface area contributed by atoms with Crippen molar-refractivity contribution < 1.29 is 14.0 Å². The predicted molar refractivity (Wildman–Crippen MR) is 101 cm³/mol. The summed E-state index contributed by atoms with van der Waals surface area (Å²) in [6.07, 6.45) is 2.14. The number of H-pyrrole nitrogens is 1. The molecule has 27 heavy (non-hydrogen) atoms. The fraction of sp³-hybridized carbons (Fsp3) is 0.105. The minimum absolute atomic E-state index is 0.110. The van der Waals surface area contributed by atoms with Crippen molar-refractivity contribution in [2.75, 3.05) is 10.6 Å². The summed E-state index contributed by atoms with van der Waals surface area (Å²) in [6.45, 7) is 0. The molecule has 0 aliphatic heterocycles. The van der Waals surface area contributed by atoms with E-state index >= 15 is 0 Å². The molecular weight excluding hydrogens is 371 g/mol. The maximum absolute atomic E-state index is 12.9. The number of anilines is 2. The third kappa shape index (κ3) is 5.15. The van der Waals surface area contributed by atoms with E-state index < -0.39 is 11.7 Å². The van der Waals surface area contributed by atoms with Crippen LogP contribution < -0.4 is 10.6 Å². The molecule has 0 unspecified atom stereocenters. The molecule has 138 valence electrons. The van der Waals surface area contributed by atoms with Crippen LogP contribution in [0.4, 0.5) is 15.8 Å². The number of carbonyl (C=O) groups is 2. The van der Waals surface area contributed by atoms with E-state index in [-0.39, 0.29) is 23.7 Å². The van der Waals surface area contributed by atoms with Gasteiger partial charge in [0, 0.05) is 17.1 Å². The number of aromatic nitrogens is 2. The fourth-order valence-corrected chi connectivity index (χ4v) is 2.53. The lowest BCUT2D eigenvalue weighted by Gasteiger charge is -2.07. The Morgan fingerprint density at radius 3 is 2.44 bits per heavy atom. The second-order valence-electron chi connectivity index (χ2n) is 5.79. The number of carbonyl (C=O) groups excluding carboxylic acids is 2. The number of nitrogens with one attached hydrogen (secondary N) is 3. The van der Waals surface area contributed by atoms with Crippen molar-refractivity contribution in [3.63, 3.8) is 0 Å². The van der Waals surface area contributed by atoms with Crippen molar-refractivity contribution in [1.82, 2.24) is 10.2 Å². The lowest BCUT2D eigenvalue weighted by Crippen LogP contribution is -2.18. The maximum atomic E-state index is 12.9. The molecule has 0 atom stereocenters. The smallest absolute Gasteiger partial charge is 0.275 e. The van der Waals surface area contributed by atoms with E-state index in [4.69, 9.17) is 11.6 Å². The first-order valence-electron chi connectivity index (χ1n) is 8.16. The Bertz CT molecular complexity index is 939. The number of hydrogen-bond acceptors (Lipinski definition) is 3. The Morgan fingerprint density at radius 2 is 1.74 bits per heavy atom. The molecule has 3 rings (SSSR count). The van der Waals surface area contributed by atoms with Crippen molar-refractivity contribution >= 4 is 34.8 Å². The van der Waals surface area contributed by atoms with E-state index in [0.29, 0.717) is 17.1 Å². The van der Waals surface area contributed by atoms with Crippen molar-refractivity contribution in [3.05, 3.63) is 76.8 Å². The largest absolute Gasteiger partial charge is 0.323 e. The van der Waals surface area contributed by atoms with Gasteiger partial charge in [-0.1, -0.05) is 23.7 Å². The summed E-state index contributed by atoms with van der Waals surface area (Å²) in [4.78, 5) is 24.5. The van der Waals surface area contributed by atoms with Gasteiger partial charge in [0.25, 0.3) is 5.91 Å². The van der Waals surface area contributed by atoms with Crippen LogP contribution in [-0.2, 0) is 11.2 Å². The number of halogens is 2. The molecule has 6 nitrogen and oxygen atoms in total. The van der Waals surface area contributed by atoms with Crippen LogP contribution in [-0.4, -0.2) is 22.0 Å². The van der Waals surface area contributed by atoms with Gasteiger partial charge in [-0.15, -0.1) is 0 Å². The molecule has 0 aliphatic carbocycles. The van der Waals surface area contributed by atoms with Gasteiger partial charge in [-0.3, -0.25) is 14.7 Å². The van der Waals surface area contributed by atoms with Gasteiger partial charge >= 0.3 is 0 Å². The molecular formula is C19H16ClFN4O2. The number of hydrogen-bond donors (Lipinski definition) is 3. The number of aromatic amines is 1. The van der Waals surface area contributed by atoms with E-state index in [1.54, 1.807) is 12.1 Å². The SMILES string of the molecule is O=C(CCc1ccc(Cl)cc1)Nc1cn[nH]c1C(=O)Nc1ccc(F)cc1. The number of aryl methyl sites for hydroxylation is 1. The molecule has 2 aromatic carbocycles. The monoisotopic (exact) mass is 386 g/mol. The van der Waals surface area contributed by atoms with Crippen molar-refractivity contribution in [3.8, 4) is 0 Å². The molecule has 3 aromatic rings. The molecule has 0 saturated carbocycles. The van der Waals surface area contributed by atoms with Gasteiger partial charge in [0.1, 0.15) is 11.5 Å². The zero-order chi connectivity index (χ0) is 19.2. The summed E-state index contributed by atoms with van der Waals surface area (Å²) in [5.74, 6) is -1.14. The van der Waals surface area contributed by atoms with Gasteiger partial charge in [-0.2, -0.15) is 5.10 Å². The number of nitrogens with zero attached hydrogens (tertiary/aromatic N) is 1. The molecule has 1 aromatic heterocycles. The maximum Gasteiger partial charge on any atom is 0.275 e. The lowest BCUT2D eigenvalue weighted by molar-refractivity contribution is -0.116. The molecule has 0 radical (unpaired) electrons. The second kappa shape index (κ2) is 8.46. The highest BCUT2D eigenvalue weighted by atomic mass is 35.5. The molecule has 3 N–H and O–H groups in total. The van der Waals surface area contributed by atoms with Crippen LogP contribution in [0, 0.1) is 5.82 Å². The Morgan fingerprint density at radius 1 is 1.04 bits per heavy atom. The molecule has 0 bridgehead atoms. The number of benzene rings is 2. The standard InChI is InChI=1S/C19H16ClFN4O2/c20-13-4-1-12(2-5-13)3-10-17(26)24-16-11-22-25-18(16)19(27)23-15-8-6-14(21)7-9-15/h1-2,4-9,11H,3,10H2,(H,22,25)(H,23,27)(H,24,26). The Hall–Kier alpha value is -3.19. The van der Waals surface area contributed by atoms with E-state index in [1.165, 1.54) is 30.5 Å². The van der Waals surface area contributed by atoms with Crippen LogP contribution in [0.3, 0.4) is 0 Å². The normalized spacial score (nSPS) is 10.4. The molecule has 0 fully saturated rings. The lowest BCUT2D eigenvalue weighted by atomic mass is 10.1. The molecule has 2 amide bonds. The highest BCUT2D eigenvalue weighted by molar-refractivity contribution is 6.30. The highest BCUT2D eigenvalue weighted by Crippen LogP contribution is 2.16. The van der Waals surface area contributed by atoms with Crippen LogP contribution in [0.2, 0.25) is 5.02 Å². The van der Waals surface area contributed by atoms with E-state index in [2.05, 4.69) is 20.8 Å². The Labute approximate surface area is 159 Å². The fourth-order valence-electron chi connectivity index (χ4n) is 2.40. The Kier molecular flexibility index (Phi) is 5.83. The topological polar surface area (TPSA) is 86.9 Å². The minimum Gasteiger partial charge on any atom is -0.323 e. The predicted octanol–water partition coefficient (Wildman–Crippen LogP) is 4.03. The first-order chi connectivity index (χ1) is 13.0. The average molecular weight is 387 g/mol. The summed E-state index contributed by atoms with van der Waals surface area (Å²) < 4.78 is 12.9. The van der Waals surface area contributed by atoms with E-state index in [0.717, 1.165) is 5.56 Å². The average Bonchev–Trinajstić information content (AvgIpc) is 3.11. The second-order valence-corrected chi connectivity index (χ2v) is 6.23. The van der Waals surface area contributed by atoms with Crippen LogP contribution in [0.5, 0.6) is 0 Å². The summed E-state index contributed by atoms with van der Waals surface area (Å²) in [6, 6.07) is 12.6. The van der Waals surface area contributed by atoms with Crippen molar-refractivity contribution in [2.45, 2.75) is 12.8 Å². The van der Waals surface area contributed by atoms with E-state index in [9.17, 15) is 14.0 Å². The summed E-state index contributed by atoms with van der Waals surface area (Å²) >= 11 is 5.84. The quantitative estimate of drug-likeness (QED) is 0.597. The summed E-state index contributed by atoms with van der Waals surface area (Å²) in [5.41, 5.74) is 1.79. The summed E-state index contributed by atoms with van der Waals surface area (Å²) in [7, 11) is 0. The minimum atomic E-state index is -0.493. The van der Waals surface area contributed by atoms with E-state index in [1.807, 2.05) is 12.1 Å². The zero-order valence-corrected chi connectivity index (χ0v) is 14.9. The van der Waals surface area contributed by atoms with Crippen LogP contribution >= 0.6 is 11.6 Å². The van der Waals surface area contributed by atoms with Crippen LogP contribution in [0.15, 0.2) is 54.7 Å². The summed E-state index contributed by atoms with van der Waals surface area (Å²) in [5, 5.41) is 12.3. The van der Waals surface area contributed by atoms with Gasteiger partial charge in [-0.05, 0) is 48.4 Å². The van der Waals surface area contributed by atoms with Gasteiger partial charge in [0.15, 0.2) is 0 Å². The van der Waals surface area contributed by atoms with Crippen LogP contribution in [0.1, 0.15) is 22.5 Å². The van der Waals surface area contributed by atoms with Crippen LogP contribution in [0.25, 0.3) is 0 Å². The van der Waals surface area contributed by atoms with Gasteiger partial charge in [0.2, 0.25) is 5.91 Å². The molecule has 8 heteroatoms. The molecule has 0 spiro atoms. The van der Waals surface area contributed by atoms with Crippen molar-refractivity contribution in [1.29, 1.82) is 0 Å². The third-order valence-corrected chi connectivity index (χ3v) is 4.05. The molecule has 0 aliphatic rings. The molecule has 1 heterocycles. The Balaban J connectivity index is 1.58. The van der Waals surface area contributed by atoms with Gasteiger partial charge < -0.3 is 10.6 Å². The number of rotatable bonds is 6. The first-order valence-corrected chi connectivity index (χ1v) is 8.53.